The molecule has 1 saturated heterocycles. The summed E-state index contributed by atoms with van der Waals surface area (Å²) in [4.78, 5) is 14.6. The van der Waals surface area contributed by atoms with Crippen LogP contribution in [0.5, 0.6) is 0 Å². The van der Waals surface area contributed by atoms with Gasteiger partial charge in [-0.05, 0) is 30.4 Å². The number of nitrogens with zero attached hydrogens (tertiary/aromatic N) is 2. The summed E-state index contributed by atoms with van der Waals surface area (Å²) >= 11 is 0. The number of para-hydroxylation sites is 1. The van der Waals surface area contributed by atoms with Crippen molar-refractivity contribution in [3.8, 4) is 0 Å². The monoisotopic (exact) mass is 345 g/mol. The lowest BCUT2D eigenvalue weighted by molar-refractivity contribution is -0.122. The van der Waals surface area contributed by atoms with Crippen LogP contribution < -0.4 is 5.32 Å². The molecular weight excluding hydrogens is 318 g/mol. The van der Waals surface area contributed by atoms with Gasteiger partial charge in [0.2, 0.25) is 5.91 Å². The Morgan fingerprint density at radius 2 is 2.08 bits per heavy atom. The van der Waals surface area contributed by atoms with Crippen LogP contribution in [0.2, 0.25) is 0 Å². The number of nitrogens with one attached hydrogen (secondary N) is 1. The summed E-state index contributed by atoms with van der Waals surface area (Å²) in [5.41, 5.74) is 1.08. The zero-order valence-electron chi connectivity index (χ0n) is 14.7. The third kappa shape index (κ3) is 4.81. The number of hydrogen-bond acceptors (Lipinski definition) is 4. The fourth-order valence-electron chi connectivity index (χ4n) is 3.51. The van der Waals surface area contributed by atoms with Crippen LogP contribution in [0, 0.1) is 0 Å². The molecule has 1 aliphatic rings. The van der Waals surface area contributed by atoms with E-state index in [0.29, 0.717) is 19.7 Å². The highest BCUT2D eigenvalue weighted by molar-refractivity contribution is 5.83. The molecule has 2 aromatic rings. The molecule has 1 aromatic heterocycles. The van der Waals surface area contributed by atoms with E-state index in [2.05, 4.69) is 16.3 Å². The highest BCUT2D eigenvalue weighted by atomic mass is 16.5. The van der Waals surface area contributed by atoms with Crippen molar-refractivity contribution in [2.45, 2.75) is 31.5 Å². The second-order valence-corrected chi connectivity index (χ2v) is 6.75. The normalized spacial score (nSPS) is 17.7. The highest BCUT2D eigenvalue weighted by Crippen LogP contribution is 2.15. The summed E-state index contributed by atoms with van der Waals surface area (Å²) in [7, 11) is 1.60. The van der Waals surface area contributed by atoms with Gasteiger partial charge in [-0.15, -0.1) is 0 Å². The number of β-amino-alcohol motifs (C(OH)–C–C–N with tert-alkyl or cyclic N) is 1. The smallest absolute Gasteiger partial charge is 0.240 e. The number of piperidine rings is 1. The minimum absolute atomic E-state index is 0.0548. The number of methoxy groups -OCH3 is 1. The lowest BCUT2D eigenvalue weighted by Gasteiger charge is -2.33. The van der Waals surface area contributed by atoms with Gasteiger partial charge in [-0.25, -0.2) is 0 Å². The van der Waals surface area contributed by atoms with Gasteiger partial charge in [-0.1, -0.05) is 18.2 Å². The van der Waals surface area contributed by atoms with E-state index in [1.807, 2.05) is 35.0 Å². The summed E-state index contributed by atoms with van der Waals surface area (Å²) in [6.07, 6.45) is 3.35. The second kappa shape index (κ2) is 8.47. The van der Waals surface area contributed by atoms with Crippen LogP contribution in [0.25, 0.3) is 10.9 Å². The van der Waals surface area contributed by atoms with Crippen molar-refractivity contribution in [3.63, 3.8) is 0 Å². The van der Waals surface area contributed by atoms with Crippen LogP contribution >= 0.6 is 0 Å². The number of rotatable bonds is 7. The van der Waals surface area contributed by atoms with E-state index in [9.17, 15) is 9.90 Å². The van der Waals surface area contributed by atoms with E-state index in [1.165, 1.54) is 0 Å². The molecule has 25 heavy (non-hydrogen) atoms. The number of fused-ring (bicyclic) bond motifs is 1. The predicted molar refractivity (Wildman–Crippen MR) is 97.4 cm³/mol. The minimum atomic E-state index is -0.446. The van der Waals surface area contributed by atoms with Gasteiger partial charge in [0.25, 0.3) is 0 Å². The summed E-state index contributed by atoms with van der Waals surface area (Å²) in [5.74, 6) is 0.0548. The van der Waals surface area contributed by atoms with Crippen molar-refractivity contribution < 1.29 is 14.6 Å². The SMILES string of the molecule is COCC(O)CN1CCC(NC(=O)Cn2ccc3ccccc32)CC1. The first-order valence-electron chi connectivity index (χ1n) is 8.88. The maximum absolute atomic E-state index is 12.4. The van der Waals surface area contributed by atoms with Crippen LogP contribution in [0.1, 0.15) is 12.8 Å². The lowest BCUT2D eigenvalue weighted by Crippen LogP contribution is -2.47. The van der Waals surface area contributed by atoms with Gasteiger partial charge in [-0.3, -0.25) is 4.79 Å². The van der Waals surface area contributed by atoms with E-state index in [0.717, 1.165) is 36.8 Å². The summed E-state index contributed by atoms with van der Waals surface area (Å²) < 4.78 is 6.95. The summed E-state index contributed by atoms with van der Waals surface area (Å²) in [5, 5.41) is 14.1. The molecule has 1 fully saturated rings. The van der Waals surface area contributed by atoms with Crippen molar-refractivity contribution in [1.82, 2.24) is 14.8 Å². The van der Waals surface area contributed by atoms with Gasteiger partial charge in [-0.2, -0.15) is 0 Å². The van der Waals surface area contributed by atoms with Gasteiger partial charge in [0.15, 0.2) is 0 Å². The zero-order valence-corrected chi connectivity index (χ0v) is 14.7. The number of carbonyl (C=O) groups excluding carboxylic acids is 1. The molecule has 2 N–H and O–H groups in total. The molecular formula is C19H27N3O3. The summed E-state index contributed by atoms with van der Waals surface area (Å²) in [6.45, 7) is 3.11. The molecule has 2 heterocycles. The third-order valence-electron chi connectivity index (χ3n) is 4.77. The van der Waals surface area contributed by atoms with Crippen LogP contribution in [-0.2, 0) is 16.1 Å². The fraction of sp³-hybridized carbons (Fsp3) is 0.526. The number of carbonyl (C=O) groups is 1. The number of ether oxygens (including phenoxy) is 1. The number of amides is 1. The molecule has 6 nitrogen and oxygen atoms in total. The predicted octanol–water partition coefficient (Wildman–Crippen LogP) is 1.23. The Balaban J connectivity index is 1.45. The quantitative estimate of drug-likeness (QED) is 0.792. The standard InChI is InChI=1S/C19H27N3O3/c1-25-14-17(23)12-21-9-7-16(8-10-21)20-19(24)13-22-11-6-15-4-2-3-5-18(15)22/h2-6,11,16-17,23H,7-10,12-14H2,1H3,(H,20,24). The third-order valence-corrected chi connectivity index (χ3v) is 4.77. The Morgan fingerprint density at radius 1 is 1.32 bits per heavy atom. The Hall–Kier alpha value is -1.89. The van der Waals surface area contributed by atoms with Crippen molar-refractivity contribution >= 4 is 16.8 Å². The Morgan fingerprint density at radius 3 is 2.84 bits per heavy atom. The average molecular weight is 345 g/mol. The van der Waals surface area contributed by atoms with Crippen LogP contribution in [0.4, 0.5) is 0 Å². The van der Waals surface area contributed by atoms with E-state index >= 15 is 0 Å². The molecule has 1 amide bonds. The van der Waals surface area contributed by atoms with Gasteiger partial charge in [0, 0.05) is 44.5 Å². The van der Waals surface area contributed by atoms with Crippen molar-refractivity contribution in [2.75, 3.05) is 33.4 Å². The molecule has 136 valence electrons. The second-order valence-electron chi connectivity index (χ2n) is 6.75. The first-order chi connectivity index (χ1) is 12.2. The number of likely N-dealkylation sites (tertiary alicyclic amines) is 1. The maximum Gasteiger partial charge on any atom is 0.240 e. The van der Waals surface area contributed by atoms with E-state index < -0.39 is 6.10 Å². The number of benzene rings is 1. The maximum atomic E-state index is 12.4. The van der Waals surface area contributed by atoms with E-state index in [4.69, 9.17) is 4.74 Å². The molecule has 0 radical (unpaired) electrons. The first-order valence-corrected chi connectivity index (χ1v) is 8.88. The van der Waals surface area contributed by atoms with Crippen molar-refractivity contribution in [3.05, 3.63) is 36.5 Å². The Bertz CT molecular complexity index is 692. The minimum Gasteiger partial charge on any atom is -0.389 e. The number of aromatic nitrogens is 1. The molecule has 1 aliphatic heterocycles. The van der Waals surface area contributed by atoms with Gasteiger partial charge >= 0.3 is 0 Å². The van der Waals surface area contributed by atoms with Gasteiger partial charge < -0.3 is 24.6 Å². The van der Waals surface area contributed by atoms with Crippen LogP contribution in [0.3, 0.4) is 0 Å². The van der Waals surface area contributed by atoms with E-state index in [-0.39, 0.29) is 11.9 Å². The van der Waals surface area contributed by atoms with Crippen LogP contribution in [-0.4, -0.2) is 66.0 Å². The number of hydrogen-bond donors (Lipinski definition) is 2. The summed E-state index contributed by atoms with van der Waals surface area (Å²) in [6, 6.07) is 10.3. The van der Waals surface area contributed by atoms with Gasteiger partial charge in [0.05, 0.1) is 12.7 Å². The molecule has 1 atom stereocenters. The fourth-order valence-corrected chi connectivity index (χ4v) is 3.51. The topological polar surface area (TPSA) is 66.7 Å². The highest BCUT2D eigenvalue weighted by Gasteiger charge is 2.22. The number of aliphatic hydroxyl groups is 1. The zero-order chi connectivity index (χ0) is 17.6. The average Bonchev–Trinajstić information content (AvgIpc) is 3.00. The molecule has 0 bridgehead atoms. The first kappa shape index (κ1) is 17.9. The lowest BCUT2D eigenvalue weighted by atomic mass is 10.0. The van der Waals surface area contributed by atoms with Crippen molar-refractivity contribution in [2.24, 2.45) is 0 Å². The van der Waals surface area contributed by atoms with Crippen molar-refractivity contribution in [1.29, 1.82) is 0 Å². The molecule has 0 spiro atoms. The molecule has 0 aliphatic carbocycles. The van der Waals surface area contributed by atoms with E-state index in [1.54, 1.807) is 7.11 Å². The molecule has 1 unspecified atom stereocenters. The Labute approximate surface area is 148 Å². The molecule has 6 heteroatoms. The molecule has 1 aromatic carbocycles. The molecule has 0 saturated carbocycles. The van der Waals surface area contributed by atoms with Crippen LogP contribution in [0.15, 0.2) is 36.5 Å². The molecule has 3 rings (SSSR count). The number of aliphatic hydroxyl groups excluding tert-OH is 1. The Kier molecular flexibility index (Phi) is 6.07. The van der Waals surface area contributed by atoms with Gasteiger partial charge in [0.1, 0.15) is 6.54 Å². The largest absolute Gasteiger partial charge is 0.389 e.